The molecular formula is C9H11FN2O2. The Hall–Kier alpha value is -1.52. The van der Waals surface area contributed by atoms with Crippen LogP contribution < -0.4 is 0 Å². The molecule has 1 unspecified atom stereocenters. The molecule has 4 nitrogen and oxygen atoms in total. The van der Waals surface area contributed by atoms with Crippen molar-refractivity contribution in [1.29, 1.82) is 0 Å². The topological polar surface area (TPSA) is 63.1 Å². The van der Waals surface area contributed by atoms with Gasteiger partial charge in [0.15, 0.2) is 5.82 Å². The van der Waals surface area contributed by atoms with Crippen molar-refractivity contribution in [3.8, 4) is 0 Å². The summed E-state index contributed by atoms with van der Waals surface area (Å²) in [5.41, 5.74) is 0.201. The highest BCUT2D eigenvalue weighted by molar-refractivity contribution is 5.74. The molecule has 76 valence electrons. The fourth-order valence-electron chi connectivity index (χ4n) is 1.09. The largest absolute Gasteiger partial charge is 0.481 e. The smallest absolute Gasteiger partial charge is 0.312 e. The van der Waals surface area contributed by atoms with Crippen molar-refractivity contribution in [1.82, 2.24) is 9.97 Å². The van der Waals surface area contributed by atoms with E-state index in [2.05, 4.69) is 9.97 Å². The van der Waals surface area contributed by atoms with Crippen molar-refractivity contribution < 1.29 is 14.3 Å². The molecule has 0 saturated heterocycles. The van der Waals surface area contributed by atoms with E-state index in [9.17, 15) is 9.18 Å². The summed E-state index contributed by atoms with van der Waals surface area (Å²) in [7, 11) is 0. The van der Waals surface area contributed by atoms with Gasteiger partial charge in [0.2, 0.25) is 0 Å². The van der Waals surface area contributed by atoms with E-state index in [1.165, 1.54) is 13.3 Å². The zero-order valence-electron chi connectivity index (χ0n) is 7.99. The lowest BCUT2D eigenvalue weighted by Crippen LogP contribution is -2.13. The molecule has 0 aromatic carbocycles. The van der Waals surface area contributed by atoms with E-state index in [0.29, 0.717) is 6.42 Å². The van der Waals surface area contributed by atoms with Gasteiger partial charge in [0, 0.05) is 0 Å². The molecule has 0 spiro atoms. The normalized spacial score (nSPS) is 12.5. The van der Waals surface area contributed by atoms with Crippen LogP contribution in [0.4, 0.5) is 4.39 Å². The zero-order chi connectivity index (χ0) is 10.7. The highest BCUT2D eigenvalue weighted by Gasteiger charge is 2.21. The minimum Gasteiger partial charge on any atom is -0.481 e. The second-order valence-corrected chi connectivity index (χ2v) is 2.93. The first-order valence-electron chi connectivity index (χ1n) is 4.30. The van der Waals surface area contributed by atoms with E-state index in [1.807, 2.05) is 0 Å². The van der Waals surface area contributed by atoms with Crippen molar-refractivity contribution in [3.05, 3.63) is 23.5 Å². The highest BCUT2D eigenvalue weighted by Crippen LogP contribution is 2.18. The minimum atomic E-state index is -1.09. The van der Waals surface area contributed by atoms with Gasteiger partial charge in [-0.25, -0.2) is 14.4 Å². The SMILES string of the molecule is CCc1ncnc(C(C)C(=O)O)c1F. The quantitative estimate of drug-likeness (QED) is 0.796. The van der Waals surface area contributed by atoms with Gasteiger partial charge >= 0.3 is 5.97 Å². The summed E-state index contributed by atoms with van der Waals surface area (Å²) in [5, 5.41) is 8.70. The Balaban J connectivity index is 3.15. The lowest BCUT2D eigenvalue weighted by molar-refractivity contribution is -0.138. The third kappa shape index (κ3) is 1.86. The Morgan fingerprint density at radius 2 is 2.29 bits per heavy atom. The second-order valence-electron chi connectivity index (χ2n) is 2.93. The summed E-state index contributed by atoms with van der Waals surface area (Å²) in [4.78, 5) is 18.0. The Bertz CT molecular complexity index is 355. The highest BCUT2D eigenvalue weighted by atomic mass is 19.1. The van der Waals surface area contributed by atoms with Gasteiger partial charge in [-0.1, -0.05) is 6.92 Å². The van der Waals surface area contributed by atoms with Crippen molar-refractivity contribution in [2.24, 2.45) is 0 Å². The lowest BCUT2D eigenvalue weighted by atomic mass is 10.1. The molecule has 1 heterocycles. The van der Waals surface area contributed by atoms with E-state index in [4.69, 9.17) is 5.11 Å². The molecule has 0 fully saturated rings. The first kappa shape index (κ1) is 10.6. The zero-order valence-corrected chi connectivity index (χ0v) is 7.99. The number of aromatic nitrogens is 2. The summed E-state index contributed by atoms with van der Waals surface area (Å²) in [6, 6.07) is 0. The van der Waals surface area contributed by atoms with E-state index in [-0.39, 0.29) is 11.4 Å². The first-order valence-corrected chi connectivity index (χ1v) is 4.30. The molecule has 0 amide bonds. The second kappa shape index (κ2) is 4.13. The van der Waals surface area contributed by atoms with E-state index < -0.39 is 17.7 Å². The molecule has 1 N–H and O–H groups in total. The number of carbonyl (C=O) groups is 1. The van der Waals surface area contributed by atoms with Crippen molar-refractivity contribution in [2.45, 2.75) is 26.2 Å². The number of hydrogen-bond donors (Lipinski definition) is 1. The average molecular weight is 198 g/mol. The molecule has 1 atom stereocenters. The maximum absolute atomic E-state index is 13.5. The van der Waals surface area contributed by atoms with Crippen LogP contribution in [0.15, 0.2) is 6.33 Å². The van der Waals surface area contributed by atoms with Crippen LogP contribution in [0.25, 0.3) is 0 Å². The molecule has 1 aromatic heterocycles. The molecule has 0 aliphatic rings. The molecule has 0 aliphatic carbocycles. The monoisotopic (exact) mass is 198 g/mol. The predicted octanol–water partition coefficient (Wildman–Crippen LogP) is 1.37. The summed E-state index contributed by atoms with van der Waals surface area (Å²) >= 11 is 0. The number of halogens is 1. The number of nitrogens with zero attached hydrogens (tertiary/aromatic N) is 2. The fourth-order valence-corrected chi connectivity index (χ4v) is 1.09. The van der Waals surface area contributed by atoms with Crippen LogP contribution in [0.3, 0.4) is 0 Å². The van der Waals surface area contributed by atoms with Gasteiger partial charge in [0.05, 0.1) is 17.3 Å². The Morgan fingerprint density at radius 1 is 1.64 bits per heavy atom. The van der Waals surface area contributed by atoms with Gasteiger partial charge in [-0.15, -0.1) is 0 Å². The third-order valence-electron chi connectivity index (χ3n) is 2.00. The lowest BCUT2D eigenvalue weighted by Gasteiger charge is -2.08. The molecule has 14 heavy (non-hydrogen) atoms. The van der Waals surface area contributed by atoms with Crippen LogP contribution in [0.1, 0.15) is 31.2 Å². The van der Waals surface area contributed by atoms with Gasteiger partial charge in [-0.3, -0.25) is 4.79 Å². The summed E-state index contributed by atoms with van der Waals surface area (Å²) in [6.45, 7) is 3.15. The van der Waals surface area contributed by atoms with Gasteiger partial charge in [0.1, 0.15) is 6.33 Å². The summed E-state index contributed by atoms with van der Waals surface area (Å²) in [5.74, 6) is -2.64. The van der Waals surface area contributed by atoms with Crippen LogP contribution in [0.5, 0.6) is 0 Å². The van der Waals surface area contributed by atoms with Crippen LogP contribution in [0.2, 0.25) is 0 Å². The standard InChI is InChI=1S/C9H11FN2O2/c1-3-6-7(10)8(12-4-11-6)5(2)9(13)14/h4-5H,3H2,1-2H3,(H,13,14). The fraction of sp³-hybridized carbons (Fsp3) is 0.444. The predicted molar refractivity (Wildman–Crippen MR) is 47.4 cm³/mol. The molecule has 1 aromatic rings. The molecule has 0 aliphatic heterocycles. The Labute approximate surface area is 80.8 Å². The number of carboxylic acids is 1. The number of hydrogen-bond acceptors (Lipinski definition) is 3. The van der Waals surface area contributed by atoms with Gasteiger partial charge in [-0.2, -0.15) is 0 Å². The van der Waals surface area contributed by atoms with Crippen molar-refractivity contribution in [2.75, 3.05) is 0 Å². The van der Waals surface area contributed by atoms with E-state index >= 15 is 0 Å². The molecule has 0 saturated carbocycles. The Morgan fingerprint density at radius 3 is 2.79 bits per heavy atom. The summed E-state index contributed by atoms with van der Waals surface area (Å²) < 4.78 is 13.5. The minimum absolute atomic E-state index is 0.0515. The van der Waals surface area contributed by atoms with E-state index in [1.54, 1.807) is 6.92 Å². The van der Waals surface area contributed by atoms with Crippen LogP contribution >= 0.6 is 0 Å². The van der Waals surface area contributed by atoms with Gasteiger partial charge in [0.25, 0.3) is 0 Å². The number of carboxylic acid groups (broad SMARTS) is 1. The maximum Gasteiger partial charge on any atom is 0.312 e. The van der Waals surface area contributed by atoms with Crippen LogP contribution in [-0.4, -0.2) is 21.0 Å². The molecular weight excluding hydrogens is 187 g/mol. The first-order chi connectivity index (χ1) is 6.57. The number of aliphatic carboxylic acids is 1. The van der Waals surface area contributed by atoms with Crippen molar-refractivity contribution >= 4 is 5.97 Å². The summed E-state index contributed by atoms with van der Waals surface area (Å²) in [6.07, 6.45) is 1.62. The molecule has 5 heteroatoms. The van der Waals surface area contributed by atoms with Crippen molar-refractivity contribution in [3.63, 3.8) is 0 Å². The third-order valence-corrected chi connectivity index (χ3v) is 2.00. The number of aryl methyl sites for hydroxylation is 1. The number of rotatable bonds is 3. The van der Waals surface area contributed by atoms with Gasteiger partial charge < -0.3 is 5.11 Å². The molecule has 1 rings (SSSR count). The van der Waals surface area contributed by atoms with E-state index in [0.717, 1.165) is 0 Å². The average Bonchev–Trinajstić information content (AvgIpc) is 2.17. The van der Waals surface area contributed by atoms with Gasteiger partial charge in [-0.05, 0) is 13.3 Å². The Kier molecular flexibility index (Phi) is 3.11. The molecule has 0 radical (unpaired) electrons. The maximum atomic E-state index is 13.5. The molecule has 0 bridgehead atoms. The van der Waals surface area contributed by atoms with Crippen LogP contribution in [-0.2, 0) is 11.2 Å². The van der Waals surface area contributed by atoms with Crippen LogP contribution in [0, 0.1) is 5.82 Å².